The van der Waals surface area contributed by atoms with Gasteiger partial charge in [-0.1, -0.05) is 62.8 Å². The maximum atomic E-state index is 14.2. The monoisotopic (exact) mass is 940 g/mol. The van der Waals surface area contributed by atoms with Crippen LogP contribution < -0.4 is 11.2 Å². The molecule has 0 N–H and O–H groups in total. The lowest BCUT2D eigenvalue weighted by Gasteiger charge is -2.24. The van der Waals surface area contributed by atoms with E-state index in [0.29, 0.717) is 147 Å². The molecule has 0 saturated heterocycles. The largest absolute Gasteiger partial charge is 0.460 e. The third kappa shape index (κ3) is 19.3. The summed E-state index contributed by atoms with van der Waals surface area (Å²) in [5.74, 6) is 0.544. The Kier molecular flexibility index (Phi) is 26.0. The van der Waals surface area contributed by atoms with Crippen molar-refractivity contribution < 1.29 is 52.2 Å². The number of hydrogen-bond acceptors (Lipinski definition) is 15. The minimum Gasteiger partial charge on any atom is -0.460 e. The SMILES string of the molecule is COCCOCCOCCOCCOCCOCCOCCOCCOCCOC(=O)/C=C/c1ccc(-c2nc3c(c(=O)n(CC4CCCCC4)c(=O)n3CC3CCCCC3)n2CC#N)cc1. The summed E-state index contributed by atoms with van der Waals surface area (Å²) >= 11 is 0. The van der Waals surface area contributed by atoms with Crippen molar-refractivity contribution in [2.75, 3.05) is 126 Å². The Balaban J connectivity index is 0.939. The van der Waals surface area contributed by atoms with Crippen LogP contribution in [0.25, 0.3) is 28.6 Å². The highest BCUT2D eigenvalue weighted by atomic mass is 16.6. The average Bonchev–Trinajstić information content (AvgIpc) is 3.73. The highest BCUT2D eigenvalue weighted by Gasteiger charge is 2.26. The maximum absolute atomic E-state index is 14.2. The van der Waals surface area contributed by atoms with E-state index in [1.165, 1.54) is 23.5 Å². The molecular formula is C49H73N5O13. The first-order chi connectivity index (χ1) is 33.0. The van der Waals surface area contributed by atoms with E-state index >= 15 is 0 Å². The van der Waals surface area contributed by atoms with E-state index in [1.807, 2.05) is 24.3 Å². The zero-order chi connectivity index (χ0) is 47.2. The zero-order valence-corrected chi connectivity index (χ0v) is 39.6. The number of benzene rings is 1. The normalized spacial score (nSPS) is 14.9. The molecule has 5 rings (SSSR count). The summed E-state index contributed by atoms with van der Waals surface area (Å²) in [5, 5.41) is 9.91. The van der Waals surface area contributed by atoms with Gasteiger partial charge < -0.3 is 51.9 Å². The first-order valence-electron chi connectivity index (χ1n) is 24.2. The lowest BCUT2D eigenvalue weighted by Crippen LogP contribution is -2.43. The number of aromatic nitrogens is 4. The van der Waals surface area contributed by atoms with Gasteiger partial charge in [0.25, 0.3) is 5.56 Å². The molecule has 67 heavy (non-hydrogen) atoms. The summed E-state index contributed by atoms with van der Waals surface area (Å²) in [7, 11) is 1.64. The lowest BCUT2D eigenvalue weighted by molar-refractivity contribution is -0.139. The van der Waals surface area contributed by atoms with Gasteiger partial charge in [-0.05, 0) is 49.2 Å². The second kappa shape index (κ2) is 32.5. The third-order valence-corrected chi connectivity index (χ3v) is 11.8. The Morgan fingerprint density at radius 3 is 1.49 bits per heavy atom. The van der Waals surface area contributed by atoms with Crippen molar-refractivity contribution in [1.82, 2.24) is 18.7 Å². The van der Waals surface area contributed by atoms with Crippen molar-refractivity contribution >= 4 is 23.2 Å². The second-order valence-electron chi connectivity index (χ2n) is 16.7. The smallest absolute Gasteiger partial charge is 0.332 e. The number of carbonyl (C=O) groups is 1. The van der Waals surface area contributed by atoms with Crippen molar-refractivity contribution in [1.29, 1.82) is 5.26 Å². The predicted octanol–water partition coefficient (Wildman–Crippen LogP) is 5.05. The molecule has 2 heterocycles. The van der Waals surface area contributed by atoms with Gasteiger partial charge in [0.1, 0.15) is 19.0 Å². The number of nitrogens with zero attached hydrogens (tertiary/aromatic N) is 5. The molecule has 2 saturated carbocycles. The summed E-state index contributed by atoms with van der Waals surface area (Å²) in [5.41, 5.74) is 1.37. The average molecular weight is 940 g/mol. The first kappa shape index (κ1) is 53.7. The molecule has 2 aromatic heterocycles. The summed E-state index contributed by atoms with van der Waals surface area (Å²) in [6.07, 6.45) is 13.9. The summed E-state index contributed by atoms with van der Waals surface area (Å²) in [6.45, 7) is 8.78. The first-order valence-corrected chi connectivity index (χ1v) is 24.2. The quantitative estimate of drug-likeness (QED) is 0.0432. The number of esters is 1. The highest BCUT2D eigenvalue weighted by Crippen LogP contribution is 2.29. The summed E-state index contributed by atoms with van der Waals surface area (Å²) in [4.78, 5) is 45.6. The van der Waals surface area contributed by atoms with Crippen LogP contribution in [0.15, 0.2) is 39.9 Å². The van der Waals surface area contributed by atoms with Crippen LogP contribution >= 0.6 is 0 Å². The van der Waals surface area contributed by atoms with Gasteiger partial charge in [-0.25, -0.2) is 14.6 Å². The molecule has 0 unspecified atom stereocenters. The van der Waals surface area contributed by atoms with E-state index in [4.69, 9.17) is 52.4 Å². The molecule has 18 heteroatoms. The molecule has 2 aliphatic carbocycles. The van der Waals surface area contributed by atoms with Gasteiger partial charge in [-0.15, -0.1) is 0 Å². The number of hydrogen-bond donors (Lipinski definition) is 0. The number of ether oxygens (including phenoxy) is 10. The van der Waals surface area contributed by atoms with Gasteiger partial charge in [0.15, 0.2) is 11.2 Å². The van der Waals surface area contributed by atoms with E-state index in [1.54, 1.807) is 22.3 Å². The molecular weight excluding hydrogens is 867 g/mol. The van der Waals surface area contributed by atoms with E-state index < -0.39 is 5.97 Å². The third-order valence-electron chi connectivity index (χ3n) is 11.8. The number of carbonyl (C=O) groups excluding carboxylic acids is 1. The van der Waals surface area contributed by atoms with Crippen molar-refractivity contribution in [3.05, 3.63) is 56.7 Å². The van der Waals surface area contributed by atoms with E-state index in [2.05, 4.69) is 6.07 Å². The van der Waals surface area contributed by atoms with Gasteiger partial charge in [0, 0.05) is 31.8 Å². The number of rotatable bonds is 35. The molecule has 3 aromatic rings. The molecule has 0 spiro atoms. The van der Waals surface area contributed by atoms with Gasteiger partial charge in [-0.2, -0.15) is 5.26 Å². The van der Waals surface area contributed by atoms with Crippen LogP contribution in [-0.2, 0) is 71.8 Å². The molecule has 18 nitrogen and oxygen atoms in total. The van der Waals surface area contributed by atoms with Crippen molar-refractivity contribution in [2.24, 2.45) is 11.8 Å². The van der Waals surface area contributed by atoms with E-state index in [0.717, 1.165) is 56.9 Å². The predicted molar refractivity (Wildman–Crippen MR) is 251 cm³/mol. The summed E-state index contributed by atoms with van der Waals surface area (Å²) < 4.78 is 58.7. The minimum atomic E-state index is -0.506. The van der Waals surface area contributed by atoms with E-state index in [-0.39, 0.29) is 36.9 Å². The van der Waals surface area contributed by atoms with Crippen LogP contribution in [-0.4, -0.2) is 151 Å². The standard InChI is InChI=1S/C49H73N5O13/c1-58-20-21-59-22-23-60-24-25-61-26-27-62-28-29-63-30-31-64-32-33-65-34-35-66-36-37-67-44(55)17-14-40-12-15-43(16-13-40)46-51-47-45(52(46)19-18-50)48(56)54(39-42-10-6-3-7-11-42)49(57)53(47)38-41-8-4-2-5-9-41/h12-17,41-42H,2-11,19-39H2,1H3/b17-14+. The van der Waals surface area contributed by atoms with Gasteiger partial charge in [-0.3, -0.25) is 13.9 Å². The van der Waals surface area contributed by atoms with Crippen LogP contribution in [0.4, 0.5) is 0 Å². The van der Waals surface area contributed by atoms with Crippen LogP contribution in [0, 0.1) is 23.2 Å². The molecule has 0 aliphatic heterocycles. The topological polar surface area (TPSA) is 195 Å². The summed E-state index contributed by atoms with van der Waals surface area (Å²) in [6, 6.07) is 9.54. The number of nitriles is 1. The molecule has 0 bridgehead atoms. The van der Waals surface area contributed by atoms with Crippen LogP contribution in [0.5, 0.6) is 0 Å². The zero-order valence-electron chi connectivity index (χ0n) is 39.6. The van der Waals surface area contributed by atoms with Gasteiger partial charge in [0.2, 0.25) is 0 Å². The molecule has 372 valence electrons. The number of methoxy groups -OCH3 is 1. The molecule has 0 radical (unpaired) electrons. The van der Waals surface area contributed by atoms with Crippen LogP contribution in [0.1, 0.15) is 69.8 Å². The van der Waals surface area contributed by atoms with Crippen molar-refractivity contribution in [3.8, 4) is 17.5 Å². The Morgan fingerprint density at radius 2 is 1.04 bits per heavy atom. The lowest BCUT2D eigenvalue weighted by atomic mass is 9.89. The molecule has 2 aliphatic rings. The minimum absolute atomic E-state index is 0.0925. The van der Waals surface area contributed by atoms with Crippen LogP contribution in [0.2, 0.25) is 0 Å². The second-order valence-corrected chi connectivity index (χ2v) is 16.7. The molecule has 1 aromatic carbocycles. The highest BCUT2D eigenvalue weighted by molar-refractivity contribution is 5.87. The Bertz CT molecular complexity index is 2030. The Hall–Kier alpha value is -4.29. The number of imidazole rings is 1. The molecule has 2 fully saturated rings. The molecule has 0 atom stereocenters. The van der Waals surface area contributed by atoms with Gasteiger partial charge >= 0.3 is 11.7 Å². The van der Waals surface area contributed by atoms with Crippen molar-refractivity contribution in [3.63, 3.8) is 0 Å². The van der Waals surface area contributed by atoms with Crippen molar-refractivity contribution in [2.45, 2.75) is 83.8 Å². The van der Waals surface area contributed by atoms with E-state index in [9.17, 15) is 19.6 Å². The fourth-order valence-corrected chi connectivity index (χ4v) is 8.26. The van der Waals surface area contributed by atoms with Gasteiger partial charge in [0.05, 0.1) is 118 Å². The maximum Gasteiger partial charge on any atom is 0.332 e. The number of fused-ring (bicyclic) bond motifs is 1. The Morgan fingerprint density at radius 1 is 0.612 bits per heavy atom. The fraction of sp³-hybridized carbons (Fsp3) is 0.694. The van der Waals surface area contributed by atoms with Crippen LogP contribution in [0.3, 0.4) is 0 Å². The fourth-order valence-electron chi connectivity index (χ4n) is 8.26. The molecule has 0 amide bonds. The Labute approximate surface area is 394 Å².